The number of ether oxygens (including phenoxy) is 1. The van der Waals surface area contributed by atoms with Crippen molar-refractivity contribution >= 4 is 11.9 Å². The Morgan fingerprint density at radius 2 is 2.16 bits per heavy atom. The van der Waals surface area contributed by atoms with Gasteiger partial charge in [-0.1, -0.05) is 6.07 Å². The van der Waals surface area contributed by atoms with Crippen LogP contribution in [0.1, 0.15) is 40.2 Å². The Bertz CT molecular complexity index is 469. The van der Waals surface area contributed by atoms with E-state index in [1.54, 1.807) is 0 Å². The van der Waals surface area contributed by atoms with Crippen LogP contribution in [-0.2, 0) is 4.74 Å². The summed E-state index contributed by atoms with van der Waals surface area (Å²) in [4.78, 5) is 26.4. The van der Waals surface area contributed by atoms with Crippen LogP contribution >= 0.6 is 0 Å². The van der Waals surface area contributed by atoms with E-state index in [0.29, 0.717) is 6.54 Å². The minimum Gasteiger partial charge on any atom is -0.477 e. The summed E-state index contributed by atoms with van der Waals surface area (Å²) in [5, 5.41) is 11.5. The molecule has 2 N–H and O–H groups in total. The Morgan fingerprint density at radius 3 is 2.84 bits per heavy atom. The summed E-state index contributed by atoms with van der Waals surface area (Å²) in [5.41, 5.74) is -0.0303. The molecule has 1 unspecified atom stereocenters. The van der Waals surface area contributed by atoms with Crippen molar-refractivity contribution < 1.29 is 19.4 Å². The van der Waals surface area contributed by atoms with E-state index in [9.17, 15) is 9.59 Å². The number of carboxylic acids is 1. The molecule has 1 amide bonds. The predicted octanol–water partition coefficient (Wildman–Crippen LogP) is 1.08. The molecule has 1 aromatic rings. The van der Waals surface area contributed by atoms with E-state index in [1.807, 2.05) is 0 Å². The lowest BCUT2D eigenvalue weighted by Gasteiger charge is -2.22. The molecule has 1 atom stereocenters. The number of nitrogens with one attached hydrogen (secondary N) is 1. The van der Waals surface area contributed by atoms with Gasteiger partial charge in [-0.05, 0) is 31.4 Å². The topological polar surface area (TPSA) is 88.5 Å². The van der Waals surface area contributed by atoms with Crippen LogP contribution in [0.25, 0.3) is 0 Å². The van der Waals surface area contributed by atoms with E-state index in [0.717, 1.165) is 25.9 Å². The molecule has 6 heteroatoms. The third-order valence-corrected chi connectivity index (χ3v) is 2.97. The van der Waals surface area contributed by atoms with Gasteiger partial charge in [-0.25, -0.2) is 9.78 Å². The summed E-state index contributed by atoms with van der Waals surface area (Å²) >= 11 is 0. The standard InChI is InChI=1S/C13H16N2O4/c16-12(14-8-9-4-1-2-7-19-9)10-5-3-6-11(15-10)13(17)18/h3,5-6,9H,1-2,4,7-8H2,(H,14,16)(H,17,18). The molecule has 0 spiro atoms. The lowest BCUT2D eigenvalue weighted by molar-refractivity contribution is 0.0168. The third kappa shape index (κ3) is 3.75. The maximum Gasteiger partial charge on any atom is 0.354 e. The van der Waals surface area contributed by atoms with Gasteiger partial charge in [-0.15, -0.1) is 0 Å². The zero-order chi connectivity index (χ0) is 13.7. The summed E-state index contributed by atoms with van der Waals surface area (Å²) in [6, 6.07) is 4.34. The van der Waals surface area contributed by atoms with Gasteiger partial charge in [0.1, 0.15) is 11.4 Å². The van der Waals surface area contributed by atoms with Gasteiger partial charge >= 0.3 is 5.97 Å². The average molecular weight is 264 g/mol. The maximum atomic E-state index is 11.8. The van der Waals surface area contributed by atoms with Crippen molar-refractivity contribution in [2.75, 3.05) is 13.2 Å². The van der Waals surface area contributed by atoms with Gasteiger partial charge in [0.2, 0.25) is 0 Å². The van der Waals surface area contributed by atoms with Gasteiger partial charge in [-0.3, -0.25) is 4.79 Å². The molecule has 1 fully saturated rings. The van der Waals surface area contributed by atoms with Crippen molar-refractivity contribution in [2.45, 2.75) is 25.4 Å². The second-order valence-electron chi connectivity index (χ2n) is 4.41. The fraction of sp³-hybridized carbons (Fsp3) is 0.462. The smallest absolute Gasteiger partial charge is 0.354 e. The Kier molecular flexibility index (Phi) is 4.46. The number of carbonyl (C=O) groups excluding carboxylic acids is 1. The number of aromatic carboxylic acids is 1. The van der Waals surface area contributed by atoms with Crippen molar-refractivity contribution in [3.8, 4) is 0 Å². The molecule has 0 aliphatic carbocycles. The Labute approximate surface area is 110 Å². The number of amides is 1. The fourth-order valence-electron chi connectivity index (χ4n) is 1.95. The van der Waals surface area contributed by atoms with Crippen LogP contribution in [0.2, 0.25) is 0 Å². The first kappa shape index (κ1) is 13.5. The first-order valence-electron chi connectivity index (χ1n) is 6.27. The normalized spacial score (nSPS) is 18.8. The molecule has 2 rings (SSSR count). The number of aromatic nitrogens is 1. The first-order valence-corrected chi connectivity index (χ1v) is 6.27. The summed E-state index contributed by atoms with van der Waals surface area (Å²) in [6.45, 7) is 1.16. The van der Waals surface area contributed by atoms with E-state index in [2.05, 4.69) is 10.3 Å². The van der Waals surface area contributed by atoms with Crippen LogP contribution in [0.15, 0.2) is 18.2 Å². The number of rotatable bonds is 4. The Morgan fingerprint density at radius 1 is 1.37 bits per heavy atom. The van der Waals surface area contributed by atoms with Gasteiger partial charge in [0.15, 0.2) is 0 Å². The molecule has 102 valence electrons. The van der Waals surface area contributed by atoms with E-state index in [4.69, 9.17) is 9.84 Å². The Hall–Kier alpha value is -1.95. The molecule has 6 nitrogen and oxygen atoms in total. The van der Waals surface area contributed by atoms with E-state index in [-0.39, 0.29) is 23.4 Å². The Balaban J connectivity index is 1.92. The minimum absolute atomic E-state index is 0.0420. The lowest BCUT2D eigenvalue weighted by atomic mass is 10.1. The highest BCUT2D eigenvalue weighted by Crippen LogP contribution is 2.11. The molecule has 0 saturated carbocycles. The zero-order valence-electron chi connectivity index (χ0n) is 10.5. The number of hydrogen-bond acceptors (Lipinski definition) is 4. The highest BCUT2D eigenvalue weighted by atomic mass is 16.5. The molecule has 0 aromatic carbocycles. The maximum absolute atomic E-state index is 11.8. The molecule has 19 heavy (non-hydrogen) atoms. The molecule has 1 aliphatic rings. The molecule has 1 aliphatic heterocycles. The number of hydrogen-bond donors (Lipinski definition) is 2. The minimum atomic E-state index is -1.15. The van der Waals surface area contributed by atoms with Gasteiger partial charge in [0.05, 0.1) is 6.10 Å². The zero-order valence-corrected chi connectivity index (χ0v) is 10.5. The lowest BCUT2D eigenvalue weighted by Crippen LogP contribution is -2.35. The second kappa shape index (κ2) is 6.29. The van der Waals surface area contributed by atoms with Crippen molar-refractivity contribution in [1.82, 2.24) is 10.3 Å². The highest BCUT2D eigenvalue weighted by molar-refractivity contribution is 5.94. The van der Waals surface area contributed by atoms with Crippen molar-refractivity contribution in [1.29, 1.82) is 0 Å². The van der Waals surface area contributed by atoms with Crippen molar-refractivity contribution in [3.05, 3.63) is 29.6 Å². The number of carbonyl (C=O) groups is 2. The highest BCUT2D eigenvalue weighted by Gasteiger charge is 2.16. The summed E-state index contributed by atoms with van der Waals surface area (Å²) in [7, 11) is 0. The molecular formula is C13H16N2O4. The van der Waals surface area contributed by atoms with E-state index < -0.39 is 5.97 Å². The van der Waals surface area contributed by atoms with Crippen molar-refractivity contribution in [2.24, 2.45) is 0 Å². The second-order valence-corrected chi connectivity index (χ2v) is 4.41. The monoisotopic (exact) mass is 264 g/mol. The fourth-order valence-corrected chi connectivity index (χ4v) is 1.95. The van der Waals surface area contributed by atoms with Gasteiger partial charge in [0, 0.05) is 13.2 Å². The molecule has 1 saturated heterocycles. The van der Waals surface area contributed by atoms with Crippen LogP contribution in [0, 0.1) is 0 Å². The quantitative estimate of drug-likeness (QED) is 0.849. The van der Waals surface area contributed by atoms with Crippen LogP contribution in [0.4, 0.5) is 0 Å². The van der Waals surface area contributed by atoms with Gasteiger partial charge < -0.3 is 15.2 Å². The summed E-state index contributed by atoms with van der Waals surface area (Å²) in [5.74, 6) is -1.53. The van der Waals surface area contributed by atoms with Crippen LogP contribution in [0.5, 0.6) is 0 Å². The molecule has 2 heterocycles. The molecular weight excluding hydrogens is 248 g/mol. The average Bonchev–Trinajstić information content (AvgIpc) is 2.46. The molecule has 0 bridgehead atoms. The SMILES string of the molecule is O=C(O)c1cccc(C(=O)NCC2CCCCO2)n1. The van der Waals surface area contributed by atoms with Crippen LogP contribution < -0.4 is 5.32 Å². The number of nitrogens with zero attached hydrogens (tertiary/aromatic N) is 1. The van der Waals surface area contributed by atoms with Gasteiger partial charge in [-0.2, -0.15) is 0 Å². The molecule has 0 radical (unpaired) electrons. The number of pyridine rings is 1. The first-order chi connectivity index (χ1) is 9.16. The van der Waals surface area contributed by atoms with E-state index >= 15 is 0 Å². The van der Waals surface area contributed by atoms with Crippen LogP contribution in [0.3, 0.4) is 0 Å². The largest absolute Gasteiger partial charge is 0.477 e. The third-order valence-electron chi connectivity index (χ3n) is 2.97. The van der Waals surface area contributed by atoms with E-state index in [1.165, 1.54) is 18.2 Å². The van der Waals surface area contributed by atoms with Gasteiger partial charge in [0.25, 0.3) is 5.91 Å². The molecule has 1 aromatic heterocycles. The predicted molar refractivity (Wildman–Crippen MR) is 67.1 cm³/mol. The summed E-state index contributed by atoms with van der Waals surface area (Å²) < 4.78 is 5.50. The summed E-state index contributed by atoms with van der Waals surface area (Å²) in [6.07, 6.45) is 3.14. The number of carboxylic acid groups (broad SMARTS) is 1. The van der Waals surface area contributed by atoms with Crippen LogP contribution in [-0.4, -0.2) is 41.2 Å². The van der Waals surface area contributed by atoms with Crippen molar-refractivity contribution in [3.63, 3.8) is 0 Å².